The molecule has 2 nitrogen and oxygen atoms in total. The highest BCUT2D eigenvalue weighted by Crippen LogP contribution is 2.23. The summed E-state index contributed by atoms with van der Waals surface area (Å²) in [6, 6.07) is 0.523. The molecular weight excluding hydrogens is 254 g/mol. The third kappa shape index (κ3) is 4.13. The van der Waals surface area contributed by atoms with E-state index in [0.29, 0.717) is 18.4 Å². The van der Waals surface area contributed by atoms with Crippen LogP contribution in [0.3, 0.4) is 0 Å². The van der Waals surface area contributed by atoms with Gasteiger partial charge >= 0.3 is 0 Å². The van der Waals surface area contributed by atoms with Crippen molar-refractivity contribution in [1.29, 1.82) is 0 Å². The molecule has 3 heteroatoms. The SMILES string of the molecule is CCCC(=O)N(CCBr)C1CCCCC1. The fourth-order valence-corrected chi connectivity index (χ4v) is 2.73. The van der Waals surface area contributed by atoms with E-state index in [1.54, 1.807) is 0 Å². The summed E-state index contributed by atoms with van der Waals surface area (Å²) in [7, 11) is 0. The van der Waals surface area contributed by atoms with Crippen LogP contribution in [0.2, 0.25) is 0 Å². The number of halogens is 1. The minimum Gasteiger partial charge on any atom is -0.339 e. The van der Waals surface area contributed by atoms with Gasteiger partial charge in [0, 0.05) is 24.3 Å². The molecule has 0 N–H and O–H groups in total. The van der Waals surface area contributed by atoms with Gasteiger partial charge in [0.2, 0.25) is 5.91 Å². The average Bonchev–Trinajstić information content (AvgIpc) is 2.27. The molecule has 0 aromatic rings. The molecule has 88 valence electrons. The molecule has 1 fully saturated rings. The van der Waals surface area contributed by atoms with E-state index in [9.17, 15) is 4.79 Å². The molecule has 0 spiro atoms. The molecule has 1 amide bonds. The van der Waals surface area contributed by atoms with Crippen molar-refractivity contribution in [1.82, 2.24) is 4.90 Å². The van der Waals surface area contributed by atoms with Gasteiger partial charge in [0.25, 0.3) is 0 Å². The van der Waals surface area contributed by atoms with Crippen molar-refractivity contribution in [3.8, 4) is 0 Å². The van der Waals surface area contributed by atoms with E-state index in [2.05, 4.69) is 27.8 Å². The fourth-order valence-electron chi connectivity index (χ4n) is 2.35. The topological polar surface area (TPSA) is 20.3 Å². The number of alkyl halides is 1. The molecule has 0 aromatic carbocycles. The van der Waals surface area contributed by atoms with E-state index in [0.717, 1.165) is 18.3 Å². The normalized spacial score (nSPS) is 17.7. The maximum atomic E-state index is 11.9. The summed E-state index contributed by atoms with van der Waals surface area (Å²) in [6.07, 6.45) is 8.03. The molecule has 1 rings (SSSR count). The van der Waals surface area contributed by atoms with Crippen LogP contribution in [-0.4, -0.2) is 28.7 Å². The molecule has 0 aromatic heterocycles. The maximum Gasteiger partial charge on any atom is 0.222 e. The Morgan fingerprint density at radius 3 is 2.53 bits per heavy atom. The number of amides is 1. The van der Waals surface area contributed by atoms with Crippen LogP contribution in [0.4, 0.5) is 0 Å². The Balaban J connectivity index is 2.50. The van der Waals surface area contributed by atoms with Crippen LogP contribution in [0.15, 0.2) is 0 Å². The van der Waals surface area contributed by atoms with Gasteiger partial charge in [-0.1, -0.05) is 42.1 Å². The Morgan fingerprint density at radius 1 is 1.33 bits per heavy atom. The second-order valence-corrected chi connectivity index (χ2v) is 5.11. The van der Waals surface area contributed by atoms with Gasteiger partial charge in [-0.05, 0) is 19.3 Å². The monoisotopic (exact) mass is 275 g/mol. The van der Waals surface area contributed by atoms with Crippen molar-refractivity contribution in [2.75, 3.05) is 11.9 Å². The molecule has 15 heavy (non-hydrogen) atoms. The van der Waals surface area contributed by atoms with Crippen molar-refractivity contribution in [2.45, 2.75) is 57.9 Å². The first-order valence-corrected chi connectivity index (χ1v) is 7.27. The van der Waals surface area contributed by atoms with Crippen molar-refractivity contribution >= 4 is 21.8 Å². The summed E-state index contributed by atoms with van der Waals surface area (Å²) in [5.41, 5.74) is 0. The van der Waals surface area contributed by atoms with E-state index < -0.39 is 0 Å². The van der Waals surface area contributed by atoms with Gasteiger partial charge in [0.1, 0.15) is 0 Å². The zero-order valence-corrected chi connectivity index (χ0v) is 11.3. The van der Waals surface area contributed by atoms with E-state index in [-0.39, 0.29) is 0 Å². The first kappa shape index (κ1) is 13.0. The third-order valence-electron chi connectivity index (χ3n) is 3.13. The Morgan fingerprint density at radius 2 is 2.00 bits per heavy atom. The van der Waals surface area contributed by atoms with Crippen LogP contribution in [0.25, 0.3) is 0 Å². The van der Waals surface area contributed by atoms with Gasteiger partial charge in [-0.3, -0.25) is 4.79 Å². The molecule has 0 atom stereocenters. The molecule has 0 heterocycles. The summed E-state index contributed by atoms with van der Waals surface area (Å²) in [6.45, 7) is 2.95. The van der Waals surface area contributed by atoms with Gasteiger partial charge in [0.15, 0.2) is 0 Å². The van der Waals surface area contributed by atoms with Crippen LogP contribution in [0.1, 0.15) is 51.9 Å². The summed E-state index contributed by atoms with van der Waals surface area (Å²) in [4.78, 5) is 14.0. The standard InChI is InChI=1S/C12H22BrNO/c1-2-6-12(15)14(10-9-13)11-7-4-3-5-8-11/h11H,2-10H2,1H3. The Hall–Kier alpha value is -0.0500. The highest BCUT2D eigenvalue weighted by molar-refractivity contribution is 9.09. The van der Waals surface area contributed by atoms with Crippen molar-refractivity contribution in [3.05, 3.63) is 0 Å². The minimum absolute atomic E-state index is 0.351. The fraction of sp³-hybridized carbons (Fsp3) is 0.917. The molecule has 0 aliphatic heterocycles. The lowest BCUT2D eigenvalue weighted by Gasteiger charge is -2.34. The van der Waals surface area contributed by atoms with Gasteiger partial charge in [-0.2, -0.15) is 0 Å². The second kappa shape index (κ2) is 7.26. The van der Waals surface area contributed by atoms with Crippen molar-refractivity contribution in [2.24, 2.45) is 0 Å². The predicted molar refractivity (Wildman–Crippen MR) is 67.3 cm³/mol. The van der Waals surface area contributed by atoms with Crippen molar-refractivity contribution in [3.63, 3.8) is 0 Å². The van der Waals surface area contributed by atoms with E-state index >= 15 is 0 Å². The second-order valence-electron chi connectivity index (χ2n) is 4.32. The highest BCUT2D eigenvalue weighted by Gasteiger charge is 2.23. The first-order valence-electron chi connectivity index (χ1n) is 6.15. The molecule has 0 bridgehead atoms. The summed E-state index contributed by atoms with van der Waals surface area (Å²) >= 11 is 3.44. The van der Waals surface area contributed by atoms with E-state index in [1.165, 1.54) is 32.1 Å². The summed E-state index contributed by atoms with van der Waals surface area (Å²) < 4.78 is 0. The molecule has 1 saturated carbocycles. The average molecular weight is 276 g/mol. The predicted octanol–water partition coefficient (Wildman–Crippen LogP) is 3.34. The third-order valence-corrected chi connectivity index (χ3v) is 3.48. The first-order chi connectivity index (χ1) is 7.29. The van der Waals surface area contributed by atoms with Crippen LogP contribution < -0.4 is 0 Å². The van der Waals surface area contributed by atoms with Gasteiger partial charge in [-0.25, -0.2) is 0 Å². The van der Waals surface area contributed by atoms with Crippen LogP contribution in [0, 0.1) is 0 Å². The van der Waals surface area contributed by atoms with Gasteiger partial charge < -0.3 is 4.90 Å². The number of carbonyl (C=O) groups excluding carboxylic acids is 1. The Bertz CT molecular complexity index is 190. The largest absolute Gasteiger partial charge is 0.339 e. The highest BCUT2D eigenvalue weighted by atomic mass is 79.9. The van der Waals surface area contributed by atoms with Crippen molar-refractivity contribution < 1.29 is 4.79 Å². The molecule has 0 saturated heterocycles. The molecule has 0 radical (unpaired) electrons. The van der Waals surface area contributed by atoms with Crippen LogP contribution in [-0.2, 0) is 4.79 Å². The van der Waals surface area contributed by atoms with Crippen LogP contribution >= 0.6 is 15.9 Å². The molecule has 1 aliphatic carbocycles. The molecule has 0 unspecified atom stereocenters. The van der Waals surface area contributed by atoms with Crippen LogP contribution in [0.5, 0.6) is 0 Å². The van der Waals surface area contributed by atoms with Gasteiger partial charge in [0.05, 0.1) is 0 Å². The quantitative estimate of drug-likeness (QED) is 0.705. The zero-order valence-electron chi connectivity index (χ0n) is 9.67. The molecule has 1 aliphatic rings. The van der Waals surface area contributed by atoms with E-state index in [4.69, 9.17) is 0 Å². The smallest absolute Gasteiger partial charge is 0.222 e. The number of hydrogen-bond acceptors (Lipinski definition) is 1. The van der Waals surface area contributed by atoms with E-state index in [1.807, 2.05) is 0 Å². The summed E-state index contributed by atoms with van der Waals surface area (Å²) in [5.74, 6) is 0.351. The maximum absolute atomic E-state index is 11.9. The Labute approximate surface area is 102 Å². The minimum atomic E-state index is 0.351. The lowest BCUT2D eigenvalue weighted by atomic mass is 9.94. The molecular formula is C12H22BrNO. The summed E-state index contributed by atoms with van der Waals surface area (Å²) in [5, 5.41) is 0.902. The zero-order chi connectivity index (χ0) is 11.1. The number of carbonyl (C=O) groups is 1. The number of hydrogen-bond donors (Lipinski definition) is 0. The number of rotatable bonds is 5. The Kier molecular flexibility index (Phi) is 6.30. The van der Waals surface area contributed by atoms with Gasteiger partial charge in [-0.15, -0.1) is 0 Å². The number of nitrogens with zero attached hydrogens (tertiary/aromatic N) is 1. The lowest BCUT2D eigenvalue weighted by molar-refractivity contribution is -0.133. The lowest BCUT2D eigenvalue weighted by Crippen LogP contribution is -2.42.